The smallest absolute Gasteiger partial charge is 0.207 e. The third-order valence-electron chi connectivity index (χ3n) is 3.36. The van der Waals surface area contributed by atoms with Crippen LogP contribution in [0.15, 0.2) is 60.8 Å². The average Bonchev–Trinajstić information content (AvgIpc) is 2.80. The van der Waals surface area contributed by atoms with E-state index >= 15 is 0 Å². The molecule has 1 heterocycles. The van der Waals surface area contributed by atoms with Crippen molar-refractivity contribution >= 4 is 11.6 Å². The summed E-state index contributed by atoms with van der Waals surface area (Å²) in [5, 5.41) is 3.38. The van der Waals surface area contributed by atoms with E-state index in [-0.39, 0.29) is 0 Å². The highest BCUT2D eigenvalue weighted by Crippen LogP contribution is 2.17. The number of para-hydroxylation sites is 1. The second kappa shape index (κ2) is 5.83. The summed E-state index contributed by atoms with van der Waals surface area (Å²) in [7, 11) is 0. The van der Waals surface area contributed by atoms with Crippen molar-refractivity contribution in [2.75, 3.05) is 5.32 Å². The Labute approximate surface area is 125 Å². The van der Waals surface area contributed by atoms with Gasteiger partial charge in [-0.25, -0.2) is 4.98 Å². The van der Waals surface area contributed by atoms with Crippen molar-refractivity contribution in [1.29, 1.82) is 0 Å². The lowest BCUT2D eigenvalue weighted by molar-refractivity contribution is 0.806. The highest BCUT2D eigenvalue weighted by Gasteiger charge is 2.06. The summed E-state index contributed by atoms with van der Waals surface area (Å²) in [6, 6.07) is 18.7. The van der Waals surface area contributed by atoms with Crippen LogP contribution in [0.25, 0.3) is 0 Å². The molecule has 0 aliphatic heterocycles. The first kappa shape index (κ1) is 13.4. The minimum absolute atomic E-state index is 0.817. The van der Waals surface area contributed by atoms with Gasteiger partial charge in [-0.05, 0) is 31.5 Å². The van der Waals surface area contributed by atoms with Crippen LogP contribution in [-0.4, -0.2) is 9.55 Å². The summed E-state index contributed by atoms with van der Waals surface area (Å²) in [6.45, 7) is 4.95. The number of hydrogen-bond acceptors (Lipinski definition) is 2. The van der Waals surface area contributed by atoms with E-state index in [1.807, 2.05) is 37.3 Å². The lowest BCUT2D eigenvalue weighted by Gasteiger charge is -2.10. The van der Waals surface area contributed by atoms with Gasteiger partial charge in [0, 0.05) is 11.9 Å². The topological polar surface area (TPSA) is 29.9 Å². The third kappa shape index (κ3) is 3.31. The van der Waals surface area contributed by atoms with Crippen molar-refractivity contribution in [1.82, 2.24) is 9.55 Å². The summed E-state index contributed by atoms with van der Waals surface area (Å²) in [4.78, 5) is 4.58. The fourth-order valence-electron chi connectivity index (χ4n) is 2.42. The van der Waals surface area contributed by atoms with E-state index in [9.17, 15) is 0 Å². The summed E-state index contributed by atoms with van der Waals surface area (Å²) in [6.07, 6.45) is 2.08. The SMILES string of the molecule is Cc1cccc(Cn2cc(C)nc2Nc2ccccc2)c1. The van der Waals surface area contributed by atoms with Crippen LogP contribution in [0.3, 0.4) is 0 Å². The second-order valence-electron chi connectivity index (χ2n) is 5.31. The standard InChI is InChI=1S/C18H19N3/c1-14-7-6-8-16(11-14)13-21-12-15(2)19-18(21)20-17-9-4-3-5-10-17/h3-12H,13H2,1-2H3,(H,19,20). The number of nitrogens with zero attached hydrogens (tertiary/aromatic N) is 2. The Balaban J connectivity index is 1.86. The molecule has 0 saturated carbocycles. The number of imidazole rings is 1. The average molecular weight is 277 g/mol. The van der Waals surface area contributed by atoms with Crippen LogP contribution >= 0.6 is 0 Å². The van der Waals surface area contributed by atoms with Gasteiger partial charge in [-0.2, -0.15) is 0 Å². The van der Waals surface area contributed by atoms with E-state index in [0.717, 1.165) is 23.9 Å². The molecule has 0 saturated heterocycles. The van der Waals surface area contributed by atoms with Crippen LogP contribution in [0.1, 0.15) is 16.8 Å². The zero-order valence-electron chi connectivity index (χ0n) is 12.4. The van der Waals surface area contributed by atoms with Crippen LogP contribution in [0.5, 0.6) is 0 Å². The van der Waals surface area contributed by atoms with Crippen LogP contribution < -0.4 is 5.32 Å². The molecule has 0 unspecified atom stereocenters. The number of nitrogens with one attached hydrogen (secondary N) is 1. The van der Waals surface area contributed by atoms with Crippen molar-refractivity contribution in [3.8, 4) is 0 Å². The Morgan fingerprint density at radius 3 is 2.57 bits per heavy atom. The minimum atomic E-state index is 0.817. The maximum Gasteiger partial charge on any atom is 0.207 e. The predicted molar refractivity (Wildman–Crippen MR) is 87.0 cm³/mol. The Hall–Kier alpha value is -2.55. The van der Waals surface area contributed by atoms with Gasteiger partial charge in [0.05, 0.1) is 12.2 Å². The zero-order chi connectivity index (χ0) is 14.7. The molecule has 0 atom stereocenters. The molecule has 0 amide bonds. The van der Waals surface area contributed by atoms with Gasteiger partial charge in [0.25, 0.3) is 0 Å². The van der Waals surface area contributed by atoms with Crippen LogP contribution in [0, 0.1) is 13.8 Å². The van der Waals surface area contributed by atoms with E-state index < -0.39 is 0 Å². The lowest BCUT2D eigenvalue weighted by atomic mass is 10.1. The maximum absolute atomic E-state index is 4.58. The monoisotopic (exact) mass is 277 g/mol. The Bertz CT molecular complexity index is 729. The van der Waals surface area contributed by atoms with Gasteiger partial charge in [-0.3, -0.25) is 0 Å². The molecule has 3 heteroatoms. The molecule has 3 rings (SSSR count). The fraction of sp³-hybridized carbons (Fsp3) is 0.167. The number of aryl methyl sites for hydroxylation is 2. The Morgan fingerprint density at radius 2 is 1.81 bits per heavy atom. The highest BCUT2D eigenvalue weighted by molar-refractivity contribution is 5.53. The van der Waals surface area contributed by atoms with Crippen molar-refractivity contribution in [3.05, 3.63) is 77.6 Å². The Morgan fingerprint density at radius 1 is 1.00 bits per heavy atom. The molecular formula is C18H19N3. The van der Waals surface area contributed by atoms with Gasteiger partial charge in [-0.1, -0.05) is 48.0 Å². The maximum atomic E-state index is 4.58. The fourth-order valence-corrected chi connectivity index (χ4v) is 2.42. The molecule has 0 bridgehead atoms. The van der Waals surface area contributed by atoms with E-state index in [1.54, 1.807) is 0 Å². The summed E-state index contributed by atoms with van der Waals surface area (Å²) < 4.78 is 2.15. The molecule has 0 spiro atoms. The molecule has 2 aromatic carbocycles. The zero-order valence-corrected chi connectivity index (χ0v) is 12.4. The number of benzene rings is 2. The number of rotatable bonds is 4. The molecule has 0 aliphatic rings. The largest absolute Gasteiger partial charge is 0.326 e. The minimum Gasteiger partial charge on any atom is -0.326 e. The van der Waals surface area contributed by atoms with Crippen molar-refractivity contribution in [3.63, 3.8) is 0 Å². The molecule has 3 aromatic rings. The molecule has 21 heavy (non-hydrogen) atoms. The number of aromatic nitrogens is 2. The molecule has 3 nitrogen and oxygen atoms in total. The first-order valence-corrected chi connectivity index (χ1v) is 7.12. The summed E-state index contributed by atoms with van der Waals surface area (Å²) in [5.74, 6) is 0.875. The van der Waals surface area contributed by atoms with Crippen LogP contribution in [0.4, 0.5) is 11.6 Å². The quantitative estimate of drug-likeness (QED) is 0.771. The Kier molecular flexibility index (Phi) is 3.73. The molecule has 0 aliphatic carbocycles. The van der Waals surface area contributed by atoms with Crippen molar-refractivity contribution < 1.29 is 0 Å². The molecule has 1 N–H and O–H groups in total. The van der Waals surface area contributed by atoms with Gasteiger partial charge < -0.3 is 9.88 Å². The first-order chi connectivity index (χ1) is 10.2. The highest BCUT2D eigenvalue weighted by atomic mass is 15.2. The predicted octanol–water partition coefficient (Wildman–Crippen LogP) is 4.29. The molecule has 0 radical (unpaired) electrons. The summed E-state index contributed by atoms with van der Waals surface area (Å²) in [5.41, 5.74) is 4.63. The number of anilines is 2. The van der Waals surface area contributed by atoms with E-state index in [4.69, 9.17) is 0 Å². The van der Waals surface area contributed by atoms with Gasteiger partial charge in [0.2, 0.25) is 5.95 Å². The molecule has 1 aromatic heterocycles. The number of hydrogen-bond donors (Lipinski definition) is 1. The van der Waals surface area contributed by atoms with E-state index in [2.05, 4.69) is 52.3 Å². The molecule has 106 valence electrons. The normalized spacial score (nSPS) is 10.6. The van der Waals surface area contributed by atoms with Gasteiger partial charge in [-0.15, -0.1) is 0 Å². The third-order valence-corrected chi connectivity index (χ3v) is 3.36. The van der Waals surface area contributed by atoms with Crippen LogP contribution in [0.2, 0.25) is 0 Å². The lowest BCUT2D eigenvalue weighted by Crippen LogP contribution is -2.04. The molecule has 0 fully saturated rings. The van der Waals surface area contributed by atoms with Gasteiger partial charge >= 0.3 is 0 Å². The van der Waals surface area contributed by atoms with E-state index in [1.165, 1.54) is 11.1 Å². The van der Waals surface area contributed by atoms with Gasteiger partial charge in [0.1, 0.15) is 0 Å². The summed E-state index contributed by atoms with van der Waals surface area (Å²) >= 11 is 0. The van der Waals surface area contributed by atoms with Crippen LogP contribution in [-0.2, 0) is 6.54 Å². The van der Waals surface area contributed by atoms with Crippen molar-refractivity contribution in [2.45, 2.75) is 20.4 Å². The first-order valence-electron chi connectivity index (χ1n) is 7.12. The van der Waals surface area contributed by atoms with Gasteiger partial charge in [0.15, 0.2) is 0 Å². The molecular weight excluding hydrogens is 258 g/mol. The van der Waals surface area contributed by atoms with E-state index in [0.29, 0.717) is 0 Å². The van der Waals surface area contributed by atoms with Crippen molar-refractivity contribution in [2.24, 2.45) is 0 Å². The second-order valence-corrected chi connectivity index (χ2v) is 5.31.